The van der Waals surface area contributed by atoms with Crippen LogP contribution in [0.5, 0.6) is 0 Å². The molecule has 0 aromatic heterocycles. The fourth-order valence-electron chi connectivity index (χ4n) is 15.4. The van der Waals surface area contributed by atoms with Gasteiger partial charge in [0.05, 0.1) is 33.4 Å². The summed E-state index contributed by atoms with van der Waals surface area (Å²) in [6, 6.07) is 2.98. The summed E-state index contributed by atoms with van der Waals surface area (Å²) in [7, 11) is -6.50. The number of amides is 12. The van der Waals surface area contributed by atoms with E-state index in [1.165, 1.54) is 125 Å². The minimum absolute atomic E-state index is 0.253. The second-order valence-electron chi connectivity index (χ2n) is 30.5. The number of halogens is 3. The molecule has 92 heavy (non-hydrogen) atoms. The first kappa shape index (κ1) is 68.8. The van der Waals surface area contributed by atoms with Crippen LogP contribution in [0.15, 0.2) is 54.6 Å². The Morgan fingerprint density at radius 3 is 0.728 bits per heavy atom. The molecule has 3 atom stereocenters. The van der Waals surface area contributed by atoms with Gasteiger partial charge in [0.25, 0.3) is 53.2 Å². The maximum absolute atomic E-state index is 18.5. The summed E-state index contributed by atoms with van der Waals surface area (Å²) in [4.78, 5) is 184. The molecule has 9 rings (SSSR count). The largest absolute Gasteiger partial charge is 0.481 e. The first-order valence-electron chi connectivity index (χ1n) is 30.4. The number of hydrogen-bond donors (Lipinski definition) is 0. The first-order valence-corrected chi connectivity index (χ1v) is 31.8. The van der Waals surface area contributed by atoms with Gasteiger partial charge in [0, 0.05) is 51.8 Å². The number of fused-ring (bicyclic) bond motifs is 3. The van der Waals surface area contributed by atoms with Gasteiger partial charge in [-0.15, -0.1) is 0 Å². The van der Waals surface area contributed by atoms with Crippen molar-refractivity contribution in [2.45, 2.75) is 198 Å². The van der Waals surface area contributed by atoms with Crippen molar-refractivity contribution in [2.75, 3.05) is 0 Å². The Morgan fingerprint density at radius 1 is 0.337 bits per heavy atom. The summed E-state index contributed by atoms with van der Waals surface area (Å²) >= 11 is 0. The number of likely N-dealkylation sites (tertiary alicyclic amines) is 3. The molecular formula is C66H78F3N6O16P. The lowest BCUT2D eigenvalue weighted by atomic mass is 9.66. The molecule has 0 radical (unpaired) electrons. The number of piperidine rings is 3. The highest BCUT2D eigenvalue weighted by molar-refractivity contribution is 7.48. The number of phosphoric acid groups is 1. The van der Waals surface area contributed by atoms with Gasteiger partial charge in [0.1, 0.15) is 35.6 Å². The molecule has 26 heteroatoms. The Labute approximate surface area is 531 Å². The van der Waals surface area contributed by atoms with Crippen LogP contribution >= 0.6 is 7.82 Å². The lowest BCUT2D eigenvalue weighted by Crippen LogP contribution is -2.75. The average molecular weight is 1300 g/mol. The van der Waals surface area contributed by atoms with Crippen LogP contribution in [-0.2, 0) is 46.9 Å². The van der Waals surface area contributed by atoms with E-state index in [4.69, 9.17) is 13.6 Å². The fourth-order valence-corrected chi connectivity index (χ4v) is 18.4. The van der Waals surface area contributed by atoms with Crippen molar-refractivity contribution in [3.63, 3.8) is 0 Å². The van der Waals surface area contributed by atoms with Gasteiger partial charge in [0.15, 0.2) is 17.2 Å². The number of carbonyl (C=O) groups excluding carboxylic acids is 12. The van der Waals surface area contributed by atoms with Gasteiger partial charge in [-0.3, -0.25) is 85.8 Å². The van der Waals surface area contributed by atoms with Gasteiger partial charge in [-0.05, 0) is 73.9 Å². The second-order valence-corrected chi connectivity index (χ2v) is 32.0. The van der Waals surface area contributed by atoms with Gasteiger partial charge in [-0.25, -0.2) is 32.4 Å². The summed E-state index contributed by atoms with van der Waals surface area (Å²) in [5.74, 6) is -15.9. The standard InChI is InChI=1S/C66H78F3N6O16P/c1-58(2,3)64(59(4,5)6,73-46(76)28-25-43(55(73)85)70-49(79)37-22-19-34(67)31-40(37)52(70)82)89-92(88,90-65(60(7,8)9,61(10,11)12)74-47(77)29-26-44(56(74)86)71-50(80)38-23-20-35(68)32-41(38)53(71)83)91-66(62(13,14)15,63(16,17)18)75-48(78)30-27-45(57(75)87)72-51(81)39-24-21-36(69)33-42(39)54(72)84/h19-24,31-33,43-45H,25-30H2,1-18H3. The highest BCUT2D eigenvalue weighted by Gasteiger charge is 2.74. The van der Waals surface area contributed by atoms with Crippen LogP contribution in [0.25, 0.3) is 0 Å². The van der Waals surface area contributed by atoms with E-state index in [9.17, 15) is 41.9 Å². The molecule has 3 aromatic carbocycles. The minimum Gasteiger partial charge on any atom is -0.274 e. The van der Waals surface area contributed by atoms with Crippen LogP contribution < -0.4 is 0 Å². The van der Waals surface area contributed by atoms with Crippen LogP contribution in [0.4, 0.5) is 13.2 Å². The highest BCUT2D eigenvalue weighted by atomic mass is 31.2. The van der Waals surface area contributed by atoms with Crippen molar-refractivity contribution < 1.29 is 88.8 Å². The van der Waals surface area contributed by atoms with Crippen LogP contribution in [0.2, 0.25) is 0 Å². The smallest absolute Gasteiger partial charge is 0.274 e. The summed E-state index contributed by atoms with van der Waals surface area (Å²) < 4.78 is 85.0. The molecule has 12 amide bonds. The summed E-state index contributed by atoms with van der Waals surface area (Å²) in [5.41, 5.74) is -21.2. The van der Waals surface area contributed by atoms with Gasteiger partial charge in [-0.1, -0.05) is 125 Å². The van der Waals surface area contributed by atoms with Gasteiger partial charge in [0.2, 0.25) is 17.7 Å². The van der Waals surface area contributed by atoms with Crippen molar-refractivity contribution >= 4 is 78.7 Å². The predicted octanol–water partition coefficient (Wildman–Crippen LogP) is 10.4. The Bertz CT molecular complexity index is 3430. The third kappa shape index (κ3) is 10.1. The summed E-state index contributed by atoms with van der Waals surface area (Å²) in [6.45, 7) is 26.6. The summed E-state index contributed by atoms with van der Waals surface area (Å²) in [5, 5.41) is 0. The van der Waals surface area contributed by atoms with Crippen LogP contribution in [-0.4, -0.2) is 136 Å². The number of nitrogens with zero attached hydrogens (tertiary/aromatic N) is 6. The molecule has 3 saturated heterocycles. The molecule has 0 aliphatic carbocycles. The third-order valence-corrected chi connectivity index (χ3v) is 20.0. The van der Waals surface area contributed by atoms with Gasteiger partial charge >= 0.3 is 7.82 Å². The number of hydrogen-bond acceptors (Lipinski definition) is 16. The number of imide groups is 6. The van der Waals surface area contributed by atoms with Crippen molar-refractivity contribution in [3.05, 3.63) is 105 Å². The lowest BCUT2D eigenvalue weighted by Gasteiger charge is -2.63. The van der Waals surface area contributed by atoms with E-state index in [0.29, 0.717) is 29.4 Å². The molecule has 0 N–H and O–H groups in total. The Balaban J connectivity index is 1.32. The molecule has 3 unspecified atom stereocenters. The molecule has 22 nitrogen and oxygen atoms in total. The monoisotopic (exact) mass is 1300 g/mol. The van der Waals surface area contributed by atoms with Crippen molar-refractivity contribution in [1.82, 2.24) is 29.4 Å². The molecule has 6 heterocycles. The fraction of sp³-hybridized carbons (Fsp3) is 0.545. The van der Waals surface area contributed by atoms with E-state index >= 15 is 33.3 Å². The predicted molar refractivity (Wildman–Crippen MR) is 321 cm³/mol. The first-order chi connectivity index (χ1) is 42.0. The van der Waals surface area contributed by atoms with E-state index in [1.807, 2.05) is 0 Å². The van der Waals surface area contributed by atoms with Crippen LogP contribution in [0, 0.1) is 49.9 Å². The maximum Gasteiger partial charge on any atom is 0.481 e. The van der Waals surface area contributed by atoms with Crippen molar-refractivity contribution in [1.29, 1.82) is 0 Å². The second kappa shape index (κ2) is 22.0. The Kier molecular flexibility index (Phi) is 16.4. The van der Waals surface area contributed by atoms with Crippen LogP contribution in [0.3, 0.4) is 0 Å². The molecule has 3 fully saturated rings. The normalized spacial score (nSPS) is 21.8. The molecule has 6 aliphatic rings. The van der Waals surface area contributed by atoms with Crippen LogP contribution in [0.1, 0.15) is 225 Å². The maximum atomic E-state index is 18.5. The molecule has 0 spiro atoms. The van der Waals surface area contributed by atoms with Gasteiger partial charge < -0.3 is 0 Å². The molecule has 0 bridgehead atoms. The van der Waals surface area contributed by atoms with E-state index in [2.05, 4.69) is 0 Å². The van der Waals surface area contributed by atoms with E-state index < -0.39 is 202 Å². The Morgan fingerprint density at radius 2 is 0.533 bits per heavy atom. The number of phosphoric ester groups is 1. The quantitative estimate of drug-likeness (QED) is 0.120. The molecule has 3 aromatic rings. The molecular weight excluding hydrogens is 1220 g/mol. The number of benzene rings is 3. The summed E-state index contributed by atoms with van der Waals surface area (Å²) in [6.07, 6.45) is -3.28. The topological polar surface area (TPSA) is 269 Å². The zero-order valence-electron chi connectivity index (χ0n) is 55.0. The average Bonchev–Trinajstić information content (AvgIpc) is 0.904. The molecule has 494 valence electrons. The van der Waals surface area contributed by atoms with E-state index in [0.717, 1.165) is 54.6 Å². The molecule has 0 saturated carbocycles. The number of carbonyl (C=O) groups is 12. The van der Waals surface area contributed by atoms with E-state index in [-0.39, 0.29) is 33.4 Å². The van der Waals surface area contributed by atoms with E-state index in [1.54, 1.807) is 0 Å². The number of rotatable bonds is 12. The Hall–Kier alpha value is -7.60. The van der Waals surface area contributed by atoms with Gasteiger partial charge in [-0.2, -0.15) is 0 Å². The lowest BCUT2D eigenvalue weighted by molar-refractivity contribution is -0.277. The third-order valence-electron chi connectivity index (χ3n) is 18.5. The molecule has 6 aliphatic heterocycles. The van der Waals surface area contributed by atoms with Crippen molar-refractivity contribution in [2.24, 2.45) is 32.5 Å². The minimum atomic E-state index is -6.50. The zero-order valence-corrected chi connectivity index (χ0v) is 55.9. The SMILES string of the molecule is CC(C)(C)C(OP(=O)(OC(N1C(=O)CCC(N2C(=O)c3ccc(F)cc3C2=O)C1=O)(C(C)(C)C)C(C)(C)C)OC(N1C(=O)CCC(N2C(=O)c3ccc(F)cc3C2=O)C1=O)(C(C)(C)C)C(C)(C)C)(N1C(=O)CCC(N2C(=O)c3ccc(F)cc3C2=O)C1=O)C(C)(C)C. The highest BCUT2D eigenvalue weighted by Crippen LogP contribution is 2.72. The van der Waals surface area contributed by atoms with Crippen molar-refractivity contribution in [3.8, 4) is 0 Å². The zero-order chi connectivity index (χ0) is 69.0.